The molecule has 0 N–H and O–H groups in total. The third-order valence-electron chi connectivity index (χ3n) is 26.4. The molecule has 552 valence electrons. The Balaban J connectivity index is 0.000000135. The van der Waals surface area contributed by atoms with Gasteiger partial charge in [-0.05, 0) is 222 Å². The van der Waals surface area contributed by atoms with Crippen molar-refractivity contribution in [1.82, 2.24) is 0 Å². The van der Waals surface area contributed by atoms with Crippen molar-refractivity contribution < 1.29 is 8.83 Å². The normalized spacial score (nSPS) is 13.2. The molecule has 2 aliphatic rings. The van der Waals surface area contributed by atoms with Crippen molar-refractivity contribution in [2.45, 2.75) is 38.5 Å². The molecule has 0 fully saturated rings. The van der Waals surface area contributed by atoms with Gasteiger partial charge in [0.15, 0.2) is 0 Å². The Labute approximate surface area is 683 Å². The molecule has 0 bridgehead atoms. The number of benzene rings is 21. The molecule has 0 saturated carbocycles. The van der Waals surface area contributed by atoms with E-state index in [1.165, 1.54) is 192 Å². The summed E-state index contributed by atoms with van der Waals surface area (Å²) in [4.78, 5) is 0. The molecule has 0 saturated heterocycles. The SMILES string of the molecule is CC1(C)c2cccc(-c3cccc(-c4c5ccccc5c(-c5cccc(-c6cccc7c6oc6ccccc67)c5)c5ccccc45)c3)c2-c2c1c1ccccc1c1ccccc21.CC1(C)c2cccc(-c3cccc(-c4c5ccccc5c(-c5cccc6c5oc5ccccc56)c5ccccc45)c3)c2-c2c1c1ccccc1c1ccccc21. The van der Waals surface area contributed by atoms with E-state index >= 15 is 0 Å². The van der Waals surface area contributed by atoms with Crippen LogP contribution in [0.3, 0.4) is 0 Å². The van der Waals surface area contributed by atoms with Crippen molar-refractivity contribution in [2.24, 2.45) is 0 Å². The van der Waals surface area contributed by atoms with Gasteiger partial charge >= 0.3 is 0 Å². The lowest BCUT2D eigenvalue weighted by Crippen LogP contribution is -2.15. The Morgan fingerprint density at radius 3 is 0.763 bits per heavy atom. The molecule has 0 amide bonds. The number of furan rings is 2. The summed E-state index contributed by atoms with van der Waals surface area (Å²) >= 11 is 0. The molecule has 23 aromatic rings. The zero-order chi connectivity index (χ0) is 78.2. The number of hydrogen-bond acceptors (Lipinski definition) is 2. The van der Waals surface area contributed by atoms with Crippen LogP contribution in [0.4, 0.5) is 0 Å². The summed E-state index contributed by atoms with van der Waals surface area (Å²) in [5, 5.41) is 25.0. The van der Waals surface area contributed by atoms with Gasteiger partial charge in [0.2, 0.25) is 0 Å². The lowest BCUT2D eigenvalue weighted by molar-refractivity contribution is 0.666. The highest BCUT2D eigenvalue weighted by atomic mass is 16.3. The lowest BCUT2D eigenvalue weighted by Gasteiger charge is -2.24. The van der Waals surface area contributed by atoms with E-state index in [1.54, 1.807) is 0 Å². The van der Waals surface area contributed by atoms with Crippen molar-refractivity contribution >= 4 is 130 Å². The molecular formula is C116H76O2. The van der Waals surface area contributed by atoms with Crippen LogP contribution in [-0.2, 0) is 10.8 Å². The average Bonchev–Trinajstić information content (AvgIpc) is 1.53. The van der Waals surface area contributed by atoms with E-state index in [0.717, 1.165) is 60.6 Å². The van der Waals surface area contributed by atoms with Gasteiger partial charge in [0.25, 0.3) is 0 Å². The second-order valence-electron chi connectivity index (χ2n) is 33.4. The van der Waals surface area contributed by atoms with Crippen LogP contribution in [-0.4, -0.2) is 0 Å². The number of fused-ring (bicyclic) bond motifs is 26. The average molecular weight is 1500 g/mol. The second-order valence-corrected chi connectivity index (χ2v) is 33.4. The largest absolute Gasteiger partial charge is 0.455 e. The first-order chi connectivity index (χ1) is 58.1. The highest BCUT2D eigenvalue weighted by molar-refractivity contribution is 6.27. The predicted molar refractivity (Wildman–Crippen MR) is 501 cm³/mol. The zero-order valence-electron chi connectivity index (χ0n) is 65.8. The molecule has 2 aromatic heterocycles. The van der Waals surface area contributed by atoms with Crippen molar-refractivity contribution in [3.05, 3.63) is 411 Å². The topological polar surface area (TPSA) is 26.3 Å². The van der Waals surface area contributed by atoms with Crippen molar-refractivity contribution in [2.75, 3.05) is 0 Å². The van der Waals surface area contributed by atoms with Gasteiger partial charge in [-0.25, -0.2) is 0 Å². The van der Waals surface area contributed by atoms with E-state index in [0.29, 0.717) is 0 Å². The van der Waals surface area contributed by atoms with Crippen LogP contribution in [0, 0.1) is 0 Å². The summed E-state index contributed by atoms with van der Waals surface area (Å²) < 4.78 is 13.2. The Morgan fingerprint density at radius 1 is 0.161 bits per heavy atom. The second kappa shape index (κ2) is 25.9. The van der Waals surface area contributed by atoms with E-state index in [4.69, 9.17) is 8.83 Å². The lowest BCUT2D eigenvalue weighted by atomic mass is 9.79. The molecular weight excluding hydrogens is 1430 g/mol. The summed E-state index contributed by atoms with van der Waals surface area (Å²) in [7, 11) is 0. The van der Waals surface area contributed by atoms with E-state index in [1.807, 2.05) is 12.1 Å². The molecule has 0 spiro atoms. The first kappa shape index (κ1) is 67.8. The van der Waals surface area contributed by atoms with Gasteiger partial charge in [0, 0.05) is 49.1 Å². The first-order valence-corrected chi connectivity index (χ1v) is 41.3. The molecule has 2 nitrogen and oxygen atoms in total. The Hall–Kier alpha value is -14.7. The fourth-order valence-electron chi connectivity index (χ4n) is 21.5. The highest BCUT2D eigenvalue weighted by Gasteiger charge is 2.42. The molecule has 0 aliphatic heterocycles. The quantitative estimate of drug-likeness (QED) is 0.117. The first-order valence-electron chi connectivity index (χ1n) is 41.3. The fraction of sp³-hybridized carbons (Fsp3) is 0.0517. The smallest absolute Gasteiger partial charge is 0.143 e. The molecule has 21 aromatic carbocycles. The summed E-state index contributed by atoms with van der Waals surface area (Å²) in [5.41, 5.74) is 31.4. The van der Waals surface area contributed by atoms with Crippen molar-refractivity contribution in [3.63, 3.8) is 0 Å². The summed E-state index contributed by atoms with van der Waals surface area (Å²) in [6.45, 7) is 9.64. The van der Waals surface area contributed by atoms with Crippen molar-refractivity contribution in [1.29, 1.82) is 0 Å². The number of rotatable bonds is 7. The van der Waals surface area contributed by atoms with Crippen LogP contribution in [0.15, 0.2) is 397 Å². The molecule has 25 rings (SSSR count). The Kier molecular flexibility index (Phi) is 14.9. The van der Waals surface area contributed by atoms with Crippen LogP contribution >= 0.6 is 0 Å². The van der Waals surface area contributed by atoms with Gasteiger partial charge in [-0.3, -0.25) is 0 Å². The van der Waals surface area contributed by atoms with E-state index in [9.17, 15) is 0 Å². The monoisotopic (exact) mass is 1500 g/mol. The minimum Gasteiger partial charge on any atom is -0.455 e. The van der Waals surface area contributed by atoms with Gasteiger partial charge < -0.3 is 8.83 Å². The van der Waals surface area contributed by atoms with Gasteiger partial charge in [-0.15, -0.1) is 0 Å². The molecule has 0 unspecified atom stereocenters. The third-order valence-corrected chi connectivity index (χ3v) is 26.4. The standard InChI is InChI=1S/C61H40O.C55H36O/c1-61(2)53-33-16-30-41(57(53)58-46-24-5-3-21-43(46)44-22-4-10-29-51(44)59(58)61)37-17-13-19-39(35-37)55-47-25-6-8-27-49(47)56(50-28-9-7-26-48(50)55)40-20-14-18-38(36-40)42-31-15-32-52-45-23-11-12-34-54(45)62-60(42)52;1-55(2)47-30-15-27-35(51(47)52-39-21-5-3-18-36(39)37-19-4-10-26-44(37)53(52)55)33-16-13-17-34(32-33)49-40-22-6-8-24-42(40)50(43-25-9-7-23-41(43)49)46-29-14-28-45-38-20-11-12-31-48(38)56-54(45)46/h3-36H,1-2H3;3-32H,1-2H3. The summed E-state index contributed by atoms with van der Waals surface area (Å²) in [6, 6.07) is 143. The third kappa shape index (κ3) is 9.87. The number of hydrogen-bond donors (Lipinski definition) is 0. The molecule has 0 atom stereocenters. The van der Waals surface area contributed by atoms with Crippen molar-refractivity contribution in [3.8, 4) is 100 Å². The van der Waals surface area contributed by atoms with Crippen LogP contribution < -0.4 is 0 Å². The van der Waals surface area contributed by atoms with E-state index < -0.39 is 0 Å². The maximum atomic E-state index is 6.64. The fourth-order valence-corrected chi connectivity index (χ4v) is 21.5. The summed E-state index contributed by atoms with van der Waals surface area (Å²) in [6.07, 6.45) is 0. The highest BCUT2D eigenvalue weighted by Crippen LogP contribution is 2.60. The minimum atomic E-state index is -0.167. The maximum absolute atomic E-state index is 6.64. The molecule has 2 aliphatic carbocycles. The Bertz CT molecular complexity index is 8140. The van der Waals surface area contributed by atoms with Crippen LogP contribution in [0.5, 0.6) is 0 Å². The molecule has 2 heterocycles. The van der Waals surface area contributed by atoms with Gasteiger partial charge in [0.1, 0.15) is 22.3 Å². The van der Waals surface area contributed by atoms with Crippen LogP contribution in [0.1, 0.15) is 49.9 Å². The predicted octanol–water partition coefficient (Wildman–Crippen LogP) is 32.7. The van der Waals surface area contributed by atoms with Gasteiger partial charge in [-0.2, -0.15) is 0 Å². The van der Waals surface area contributed by atoms with Crippen LogP contribution in [0.2, 0.25) is 0 Å². The van der Waals surface area contributed by atoms with Crippen LogP contribution in [0.25, 0.3) is 230 Å². The Morgan fingerprint density at radius 2 is 0.398 bits per heavy atom. The number of para-hydroxylation sites is 4. The van der Waals surface area contributed by atoms with Gasteiger partial charge in [-0.1, -0.05) is 386 Å². The zero-order valence-corrected chi connectivity index (χ0v) is 65.8. The van der Waals surface area contributed by atoms with E-state index in [-0.39, 0.29) is 10.8 Å². The summed E-state index contributed by atoms with van der Waals surface area (Å²) in [5.74, 6) is 0. The minimum absolute atomic E-state index is 0.160. The molecule has 2 heteroatoms. The molecule has 118 heavy (non-hydrogen) atoms. The molecule has 0 radical (unpaired) electrons. The van der Waals surface area contributed by atoms with E-state index in [2.05, 4.69) is 404 Å². The maximum Gasteiger partial charge on any atom is 0.143 e. The van der Waals surface area contributed by atoms with Gasteiger partial charge in [0.05, 0.1) is 0 Å².